The van der Waals surface area contributed by atoms with Crippen molar-refractivity contribution in [3.8, 4) is 16.9 Å². The zero-order valence-electron chi connectivity index (χ0n) is 19.0. The highest BCUT2D eigenvalue weighted by atomic mass is 32.1. The molecule has 0 unspecified atom stereocenters. The van der Waals surface area contributed by atoms with Crippen LogP contribution in [0.15, 0.2) is 24.3 Å². The molecule has 2 bridgehead atoms. The van der Waals surface area contributed by atoms with E-state index in [2.05, 4.69) is 5.32 Å². The molecule has 0 spiro atoms. The number of benzene rings is 1. The standard InChI is InChI=1S/C25H29NO6S/c1-4-11-32-25(30)21-18(14-7-9-17(31-3)10-8-14)13(2)33-23(21)26-22(27)19-15-5-6-16(12-15)20(19)24(28)29/h7-10,15-16,19-20H,4-6,11-12H2,1-3H3,(H,26,27)(H,28,29)/p-1/t15-,16-,19+,20+/m1/s1. The van der Waals surface area contributed by atoms with E-state index in [1.165, 1.54) is 11.3 Å². The predicted molar refractivity (Wildman–Crippen MR) is 123 cm³/mol. The lowest BCUT2D eigenvalue weighted by molar-refractivity contribution is -0.314. The molecule has 0 aliphatic heterocycles. The molecule has 2 aliphatic carbocycles. The molecule has 2 saturated carbocycles. The summed E-state index contributed by atoms with van der Waals surface area (Å²) in [4.78, 5) is 39.0. The largest absolute Gasteiger partial charge is 0.550 e. The number of thiophene rings is 1. The lowest BCUT2D eigenvalue weighted by Crippen LogP contribution is -2.44. The molecule has 0 radical (unpaired) electrons. The number of fused-ring (bicyclic) bond motifs is 2. The van der Waals surface area contributed by atoms with Gasteiger partial charge in [0.1, 0.15) is 16.3 Å². The van der Waals surface area contributed by atoms with E-state index in [0.717, 1.165) is 29.7 Å². The van der Waals surface area contributed by atoms with E-state index in [9.17, 15) is 19.5 Å². The summed E-state index contributed by atoms with van der Waals surface area (Å²) >= 11 is 1.30. The first kappa shape index (κ1) is 23.3. The van der Waals surface area contributed by atoms with Crippen molar-refractivity contribution in [1.29, 1.82) is 0 Å². The molecule has 2 aliphatic rings. The van der Waals surface area contributed by atoms with Crippen LogP contribution < -0.4 is 15.2 Å². The van der Waals surface area contributed by atoms with E-state index < -0.39 is 23.8 Å². The number of hydrogen-bond acceptors (Lipinski definition) is 7. The van der Waals surface area contributed by atoms with E-state index in [1.54, 1.807) is 7.11 Å². The second-order valence-corrected chi connectivity index (χ2v) is 10.0. The third kappa shape index (κ3) is 4.36. The van der Waals surface area contributed by atoms with Crippen LogP contribution in [0.2, 0.25) is 0 Å². The molecule has 1 heterocycles. The first-order valence-corrected chi connectivity index (χ1v) is 12.1. The van der Waals surface area contributed by atoms with Crippen LogP contribution >= 0.6 is 11.3 Å². The average molecular weight is 471 g/mol. The van der Waals surface area contributed by atoms with Crippen LogP contribution in [0.25, 0.3) is 11.1 Å². The number of carbonyl (C=O) groups excluding carboxylic acids is 3. The van der Waals surface area contributed by atoms with Gasteiger partial charge >= 0.3 is 5.97 Å². The van der Waals surface area contributed by atoms with E-state index in [0.29, 0.717) is 28.3 Å². The van der Waals surface area contributed by atoms with Crippen molar-refractivity contribution in [2.45, 2.75) is 39.5 Å². The van der Waals surface area contributed by atoms with Crippen LogP contribution in [0.5, 0.6) is 5.75 Å². The molecule has 2 fully saturated rings. The summed E-state index contributed by atoms with van der Waals surface area (Å²) in [5.41, 5.74) is 1.81. The number of rotatable bonds is 8. The van der Waals surface area contributed by atoms with Crippen LogP contribution in [-0.2, 0) is 14.3 Å². The maximum absolute atomic E-state index is 13.3. The van der Waals surface area contributed by atoms with Crippen molar-refractivity contribution in [3.63, 3.8) is 0 Å². The van der Waals surface area contributed by atoms with Crippen molar-refractivity contribution >= 4 is 34.2 Å². The van der Waals surface area contributed by atoms with Gasteiger partial charge in [-0.25, -0.2) is 4.79 Å². The van der Waals surface area contributed by atoms with E-state index in [1.807, 2.05) is 38.1 Å². The van der Waals surface area contributed by atoms with Crippen molar-refractivity contribution < 1.29 is 29.0 Å². The van der Waals surface area contributed by atoms with Gasteiger partial charge in [0.05, 0.1) is 13.7 Å². The van der Waals surface area contributed by atoms with Gasteiger partial charge in [-0.05, 0) is 62.1 Å². The zero-order valence-corrected chi connectivity index (χ0v) is 19.8. The number of hydrogen-bond donors (Lipinski definition) is 1. The van der Waals surface area contributed by atoms with Gasteiger partial charge in [0.15, 0.2) is 0 Å². The molecule has 4 rings (SSSR count). The molecule has 1 amide bonds. The Hall–Kier alpha value is -2.87. The number of ether oxygens (including phenoxy) is 2. The van der Waals surface area contributed by atoms with Gasteiger partial charge in [0.2, 0.25) is 5.91 Å². The number of methoxy groups -OCH3 is 1. The smallest absolute Gasteiger partial charge is 0.341 e. The van der Waals surface area contributed by atoms with Crippen LogP contribution in [0, 0.1) is 30.6 Å². The van der Waals surface area contributed by atoms with Gasteiger partial charge in [-0.1, -0.05) is 19.1 Å². The normalized spacial score (nSPS) is 23.4. The summed E-state index contributed by atoms with van der Waals surface area (Å²) in [6.07, 6.45) is 3.08. The number of nitrogens with one attached hydrogen (secondary N) is 1. The predicted octanol–water partition coefficient (Wildman–Crippen LogP) is 3.65. The number of esters is 1. The summed E-state index contributed by atoms with van der Waals surface area (Å²) in [6.45, 7) is 4.06. The van der Waals surface area contributed by atoms with E-state index in [-0.39, 0.29) is 24.3 Å². The highest BCUT2D eigenvalue weighted by Crippen LogP contribution is 2.53. The number of anilines is 1. The maximum Gasteiger partial charge on any atom is 0.341 e. The molecule has 1 aromatic carbocycles. The number of amides is 1. The maximum atomic E-state index is 13.3. The van der Waals surface area contributed by atoms with Gasteiger partial charge in [-0.2, -0.15) is 0 Å². The van der Waals surface area contributed by atoms with Crippen molar-refractivity contribution in [2.75, 3.05) is 19.0 Å². The number of carboxylic acid groups (broad SMARTS) is 1. The Kier molecular flexibility index (Phi) is 6.74. The average Bonchev–Trinajstić information content (AvgIpc) is 3.50. The molecule has 7 nitrogen and oxygen atoms in total. The Balaban J connectivity index is 1.69. The topological polar surface area (TPSA) is 105 Å². The highest BCUT2D eigenvalue weighted by molar-refractivity contribution is 7.17. The van der Waals surface area contributed by atoms with Gasteiger partial charge in [-0.15, -0.1) is 11.3 Å². The quantitative estimate of drug-likeness (QED) is 0.591. The number of carboxylic acids is 1. The molecule has 1 aromatic heterocycles. The van der Waals surface area contributed by atoms with Crippen molar-refractivity contribution in [3.05, 3.63) is 34.7 Å². The third-order valence-corrected chi connectivity index (χ3v) is 7.85. The molecular formula is C25H28NO6S-. The second-order valence-electron chi connectivity index (χ2n) is 8.79. The first-order chi connectivity index (χ1) is 15.8. The Morgan fingerprint density at radius 1 is 1.12 bits per heavy atom. The summed E-state index contributed by atoms with van der Waals surface area (Å²) < 4.78 is 10.7. The van der Waals surface area contributed by atoms with Crippen molar-refractivity contribution in [2.24, 2.45) is 23.7 Å². The van der Waals surface area contributed by atoms with Gasteiger partial charge in [-0.3, -0.25) is 4.79 Å². The van der Waals surface area contributed by atoms with E-state index >= 15 is 0 Å². The minimum Gasteiger partial charge on any atom is -0.550 e. The summed E-state index contributed by atoms with van der Waals surface area (Å²) in [5.74, 6) is -2.72. The number of aryl methyl sites for hydroxylation is 1. The number of aliphatic carboxylic acids is 1. The summed E-state index contributed by atoms with van der Waals surface area (Å²) in [7, 11) is 1.58. The lowest BCUT2D eigenvalue weighted by atomic mass is 9.78. The third-order valence-electron chi connectivity index (χ3n) is 6.83. The molecule has 176 valence electrons. The Morgan fingerprint density at radius 3 is 2.39 bits per heavy atom. The second kappa shape index (κ2) is 9.55. The summed E-state index contributed by atoms with van der Waals surface area (Å²) in [5, 5.41) is 15.1. The molecule has 2 aromatic rings. The highest BCUT2D eigenvalue weighted by Gasteiger charge is 2.51. The Bertz CT molecular complexity index is 1060. The molecule has 8 heteroatoms. The van der Waals surface area contributed by atoms with Gasteiger partial charge in [0.25, 0.3) is 0 Å². The fourth-order valence-corrected chi connectivity index (χ4v) is 6.47. The fraction of sp³-hybridized carbons (Fsp3) is 0.480. The van der Waals surface area contributed by atoms with E-state index in [4.69, 9.17) is 9.47 Å². The minimum absolute atomic E-state index is 0.00956. The van der Waals surface area contributed by atoms with Crippen LogP contribution in [0.3, 0.4) is 0 Å². The SMILES string of the molecule is CCCOC(=O)c1c(NC(=O)[C@H]2[C@@H]3CC[C@H](C3)[C@@H]2C(=O)[O-])sc(C)c1-c1ccc(OC)cc1. The molecule has 1 N–H and O–H groups in total. The zero-order chi connectivity index (χ0) is 23.7. The molecule has 33 heavy (non-hydrogen) atoms. The van der Waals surface area contributed by atoms with Crippen molar-refractivity contribution in [1.82, 2.24) is 0 Å². The fourth-order valence-electron chi connectivity index (χ4n) is 5.40. The monoisotopic (exact) mass is 470 g/mol. The Morgan fingerprint density at radius 2 is 1.79 bits per heavy atom. The summed E-state index contributed by atoms with van der Waals surface area (Å²) in [6, 6.07) is 7.34. The Labute approximate surface area is 197 Å². The molecule has 4 atom stereocenters. The van der Waals surface area contributed by atoms with Crippen LogP contribution in [-0.4, -0.2) is 31.6 Å². The van der Waals surface area contributed by atoms with Crippen LogP contribution in [0.4, 0.5) is 5.00 Å². The number of carbonyl (C=O) groups is 3. The molecule has 0 saturated heterocycles. The first-order valence-electron chi connectivity index (χ1n) is 11.3. The molecular weight excluding hydrogens is 442 g/mol. The minimum atomic E-state index is -1.16. The lowest BCUT2D eigenvalue weighted by Gasteiger charge is -2.30. The van der Waals surface area contributed by atoms with Crippen LogP contribution in [0.1, 0.15) is 47.8 Å². The van der Waals surface area contributed by atoms with Gasteiger partial charge < -0.3 is 24.7 Å². The van der Waals surface area contributed by atoms with Gasteiger partial charge in [0, 0.05) is 28.2 Å².